The zero-order valence-electron chi connectivity index (χ0n) is 11.0. The van der Waals surface area contributed by atoms with Crippen molar-refractivity contribution in [3.8, 4) is 5.69 Å². The monoisotopic (exact) mass is 320 g/mol. The van der Waals surface area contributed by atoms with Crippen LogP contribution in [0.1, 0.15) is 13.8 Å². The Morgan fingerprint density at radius 1 is 1.21 bits per heavy atom. The minimum absolute atomic E-state index is 0.0142. The summed E-state index contributed by atoms with van der Waals surface area (Å²) in [5.74, 6) is 0.243. The van der Waals surface area contributed by atoms with Gasteiger partial charge in [-0.25, -0.2) is 0 Å². The molecule has 0 radical (unpaired) electrons. The Bertz CT molecular complexity index is 549. The first kappa shape index (κ1) is 13.9. The van der Waals surface area contributed by atoms with Gasteiger partial charge in [0.05, 0.1) is 4.83 Å². The standard InChI is InChI=1S/C15H17BrN2O/c1-11(2)14(16)15(19)17-12-6-5-7-13(10-12)18-8-3-4-9-18/h3-11,14H,1-2H3,(H,17,19). The van der Waals surface area contributed by atoms with Gasteiger partial charge in [-0.15, -0.1) is 0 Å². The van der Waals surface area contributed by atoms with Gasteiger partial charge >= 0.3 is 0 Å². The van der Waals surface area contributed by atoms with Gasteiger partial charge in [0.25, 0.3) is 0 Å². The van der Waals surface area contributed by atoms with Crippen molar-refractivity contribution in [1.29, 1.82) is 0 Å². The Morgan fingerprint density at radius 2 is 1.89 bits per heavy atom. The van der Waals surface area contributed by atoms with Gasteiger partial charge in [-0.1, -0.05) is 35.8 Å². The number of hydrogen-bond donors (Lipinski definition) is 1. The van der Waals surface area contributed by atoms with Crippen molar-refractivity contribution < 1.29 is 4.79 Å². The highest BCUT2D eigenvalue weighted by Crippen LogP contribution is 2.18. The SMILES string of the molecule is CC(C)C(Br)C(=O)Nc1cccc(-n2cccc2)c1. The third-order valence-corrected chi connectivity index (χ3v) is 4.33. The lowest BCUT2D eigenvalue weighted by Gasteiger charge is -2.14. The van der Waals surface area contributed by atoms with E-state index in [-0.39, 0.29) is 16.7 Å². The Labute approximate surface area is 121 Å². The van der Waals surface area contributed by atoms with Gasteiger partial charge in [0.2, 0.25) is 5.91 Å². The molecule has 0 fully saturated rings. The Balaban J connectivity index is 2.14. The molecule has 4 heteroatoms. The second-order valence-electron chi connectivity index (χ2n) is 4.78. The summed E-state index contributed by atoms with van der Waals surface area (Å²) in [4.78, 5) is 11.8. The van der Waals surface area contributed by atoms with Crippen molar-refractivity contribution in [2.45, 2.75) is 18.7 Å². The summed E-state index contributed by atoms with van der Waals surface area (Å²) in [5, 5.41) is 2.93. The van der Waals surface area contributed by atoms with E-state index in [9.17, 15) is 4.79 Å². The molecule has 0 saturated carbocycles. The van der Waals surface area contributed by atoms with E-state index in [2.05, 4.69) is 21.2 Å². The third-order valence-electron chi connectivity index (χ3n) is 2.85. The predicted molar refractivity (Wildman–Crippen MR) is 82.0 cm³/mol. The Morgan fingerprint density at radius 3 is 2.53 bits per heavy atom. The van der Waals surface area contributed by atoms with Gasteiger partial charge in [-0.2, -0.15) is 0 Å². The van der Waals surface area contributed by atoms with E-state index >= 15 is 0 Å². The van der Waals surface area contributed by atoms with E-state index in [1.165, 1.54) is 0 Å². The highest BCUT2D eigenvalue weighted by molar-refractivity contribution is 9.10. The summed E-state index contributed by atoms with van der Waals surface area (Å²) in [6.07, 6.45) is 3.95. The molecule has 2 aromatic rings. The number of amides is 1. The second kappa shape index (κ2) is 6.06. The molecule has 2 rings (SSSR count). The Hall–Kier alpha value is -1.55. The molecule has 1 unspecified atom stereocenters. The highest BCUT2D eigenvalue weighted by atomic mass is 79.9. The van der Waals surface area contributed by atoms with Crippen LogP contribution >= 0.6 is 15.9 Å². The summed E-state index contributed by atoms with van der Waals surface area (Å²) < 4.78 is 2.00. The average molecular weight is 321 g/mol. The van der Waals surface area contributed by atoms with Crippen LogP contribution in [0.3, 0.4) is 0 Å². The van der Waals surface area contributed by atoms with Crippen LogP contribution in [0.4, 0.5) is 5.69 Å². The van der Waals surface area contributed by atoms with Crippen molar-refractivity contribution in [2.24, 2.45) is 5.92 Å². The Kier molecular flexibility index (Phi) is 4.43. The number of carbonyl (C=O) groups excluding carboxylic acids is 1. The van der Waals surface area contributed by atoms with Crippen LogP contribution in [-0.2, 0) is 4.79 Å². The van der Waals surface area contributed by atoms with Crippen LogP contribution < -0.4 is 5.32 Å². The van der Waals surface area contributed by atoms with Crippen molar-refractivity contribution in [1.82, 2.24) is 4.57 Å². The summed E-state index contributed by atoms with van der Waals surface area (Å²) in [6, 6.07) is 11.7. The molecular weight excluding hydrogens is 304 g/mol. The zero-order chi connectivity index (χ0) is 13.8. The number of carbonyl (C=O) groups is 1. The van der Waals surface area contributed by atoms with Gasteiger partial charge in [-0.3, -0.25) is 4.79 Å². The molecule has 3 nitrogen and oxygen atoms in total. The number of benzene rings is 1. The van der Waals surface area contributed by atoms with Gasteiger partial charge in [0.15, 0.2) is 0 Å². The van der Waals surface area contributed by atoms with Gasteiger partial charge < -0.3 is 9.88 Å². The first-order chi connectivity index (χ1) is 9.08. The van der Waals surface area contributed by atoms with Crippen LogP contribution in [0.15, 0.2) is 48.8 Å². The van der Waals surface area contributed by atoms with E-state index in [1.807, 2.05) is 67.2 Å². The highest BCUT2D eigenvalue weighted by Gasteiger charge is 2.18. The van der Waals surface area contributed by atoms with Gasteiger partial charge in [0, 0.05) is 23.8 Å². The number of halogens is 1. The number of nitrogens with zero attached hydrogens (tertiary/aromatic N) is 1. The molecule has 1 atom stereocenters. The van der Waals surface area contributed by atoms with E-state index in [0.29, 0.717) is 0 Å². The van der Waals surface area contributed by atoms with Crippen molar-refractivity contribution in [3.05, 3.63) is 48.8 Å². The molecule has 0 bridgehead atoms. The molecule has 0 aliphatic rings. The minimum Gasteiger partial charge on any atom is -0.325 e. The maximum atomic E-state index is 12.0. The first-order valence-corrected chi connectivity index (χ1v) is 7.18. The average Bonchev–Trinajstić information content (AvgIpc) is 2.91. The van der Waals surface area contributed by atoms with Crippen molar-refractivity contribution >= 4 is 27.5 Å². The number of anilines is 1. The largest absolute Gasteiger partial charge is 0.325 e. The van der Waals surface area contributed by atoms with E-state index in [0.717, 1.165) is 11.4 Å². The topological polar surface area (TPSA) is 34.0 Å². The lowest BCUT2D eigenvalue weighted by atomic mass is 10.1. The molecule has 0 aliphatic carbocycles. The molecule has 0 aliphatic heterocycles. The lowest BCUT2D eigenvalue weighted by Crippen LogP contribution is -2.26. The molecule has 0 saturated heterocycles. The van der Waals surface area contributed by atoms with Gasteiger partial charge in [0.1, 0.15) is 0 Å². The van der Waals surface area contributed by atoms with E-state index in [1.54, 1.807) is 0 Å². The van der Waals surface area contributed by atoms with Crippen molar-refractivity contribution in [3.63, 3.8) is 0 Å². The summed E-state index contributed by atoms with van der Waals surface area (Å²) >= 11 is 3.41. The number of alkyl halides is 1. The number of rotatable bonds is 4. The molecule has 100 valence electrons. The summed E-state index contributed by atoms with van der Waals surface area (Å²) in [6.45, 7) is 4.02. The van der Waals surface area contributed by atoms with E-state index in [4.69, 9.17) is 0 Å². The fraction of sp³-hybridized carbons (Fsp3) is 0.267. The predicted octanol–water partition coefficient (Wildman–Crippen LogP) is 3.84. The molecule has 1 aromatic carbocycles. The quantitative estimate of drug-likeness (QED) is 0.853. The molecule has 1 N–H and O–H groups in total. The number of hydrogen-bond acceptors (Lipinski definition) is 1. The second-order valence-corrected chi connectivity index (χ2v) is 5.76. The number of nitrogens with one attached hydrogen (secondary N) is 1. The van der Waals surface area contributed by atoms with Gasteiger partial charge in [-0.05, 0) is 36.2 Å². The van der Waals surface area contributed by atoms with E-state index < -0.39 is 0 Å². The maximum absolute atomic E-state index is 12.0. The molecular formula is C15H17BrN2O. The fourth-order valence-corrected chi connectivity index (χ4v) is 1.88. The van der Waals surface area contributed by atoms with Crippen LogP contribution in [0.25, 0.3) is 5.69 Å². The third kappa shape index (κ3) is 3.47. The molecule has 1 heterocycles. The zero-order valence-corrected chi connectivity index (χ0v) is 12.6. The maximum Gasteiger partial charge on any atom is 0.238 e. The molecule has 0 spiro atoms. The minimum atomic E-state index is -0.178. The normalized spacial score (nSPS) is 12.4. The number of aromatic nitrogens is 1. The summed E-state index contributed by atoms with van der Waals surface area (Å²) in [7, 11) is 0. The van der Waals surface area contributed by atoms with Crippen LogP contribution in [-0.4, -0.2) is 15.3 Å². The fourth-order valence-electron chi connectivity index (χ4n) is 1.76. The van der Waals surface area contributed by atoms with Crippen LogP contribution in [0.2, 0.25) is 0 Å². The first-order valence-electron chi connectivity index (χ1n) is 6.26. The van der Waals surface area contributed by atoms with Crippen LogP contribution in [0.5, 0.6) is 0 Å². The van der Waals surface area contributed by atoms with Crippen LogP contribution in [0, 0.1) is 5.92 Å². The summed E-state index contributed by atoms with van der Waals surface area (Å²) in [5.41, 5.74) is 1.83. The molecule has 1 amide bonds. The molecule has 19 heavy (non-hydrogen) atoms. The molecule has 1 aromatic heterocycles. The lowest BCUT2D eigenvalue weighted by molar-refractivity contribution is -0.116. The smallest absolute Gasteiger partial charge is 0.238 e. The van der Waals surface area contributed by atoms with Crippen molar-refractivity contribution in [2.75, 3.05) is 5.32 Å².